The molecule has 1 atom stereocenters. The van der Waals surface area contributed by atoms with Gasteiger partial charge in [-0.3, -0.25) is 9.69 Å². The fraction of sp³-hybridized carbons (Fsp3) is 0.619. The fourth-order valence-corrected chi connectivity index (χ4v) is 4.33. The Morgan fingerprint density at radius 1 is 1.08 bits per heavy atom. The van der Waals surface area contributed by atoms with E-state index in [9.17, 15) is 9.59 Å². The number of benzene rings is 1. The molecular formula is C21H31N3O2. The van der Waals surface area contributed by atoms with Gasteiger partial charge in [0.2, 0.25) is 0 Å². The molecule has 2 fully saturated rings. The maximum atomic E-state index is 13.1. The highest BCUT2D eigenvalue weighted by Crippen LogP contribution is 2.37. The molecule has 3 rings (SSSR count). The van der Waals surface area contributed by atoms with E-state index in [2.05, 4.69) is 30.9 Å². The number of rotatable bonds is 6. The molecule has 0 unspecified atom stereocenters. The average molecular weight is 357 g/mol. The minimum absolute atomic E-state index is 0.0156. The van der Waals surface area contributed by atoms with Gasteiger partial charge in [0.05, 0.1) is 0 Å². The van der Waals surface area contributed by atoms with Crippen LogP contribution in [0.2, 0.25) is 0 Å². The lowest BCUT2D eigenvalue weighted by molar-refractivity contribution is -0.135. The van der Waals surface area contributed by atoms with E-state index in [0.717, 1.165) is 38.8 Å². The SMILES string of the molecule is CC[C@H](C)N1CCC2(CC1)C(=O)N(CC)C(=O)N2CCc1ccccc1. The number of amides is 3. The van der Waals surface area contributed by atoms with E-state index in [1.54, 1.807) is 0 Å². The molecular weight excluding hydrogens is 326 g/mol. The van der Waals surface area contributed by atoms with Crippen LogP contribution in [0.3, 0.4) is 0 Å². The Labute approximate surface area is 156 Å². The second-order valence-electron chi connectivity index (χ2n) is 7.54. The Kier molecular flexibility index (Phi) is 5.66. The zero-order chi connectivity index (χ0) is 18.7. The average Bonchev–Trinajstić information content (AvgIpc) is 2.87. The molecule has 0 radical (unpaired) electrons. The molecule has 2 aliphatic heterocycles. The third kappa shape index (κ3) is 3.25. The monoisotopic (exact) mass is 357 g/mol. The number of imide groups is 1. The Hall–Kier alpha value is -1.88. The van der Waals surface area contributed by atoms with Crippen molar-refractivity contribution in [2.24, 2.45) is 0 Å². The van der Waals surface area contributed by atoms with Crippen molar-refractivity contribution in [3.05, 3.63) is 35.9 Å². The van der Waals surface area contributed by atoms with Crippen LogP contribution < -0.4 is 0 Å². The molecule has 0 N–H and O–H groups in total. The number of likely N-dealkylation sites (N-methyl/N-ethyl adjacent to an activating group) is 1. The van der Waals surface area contributed by atoms with Crippen molar-refractivity contribution in [1.82, 2.24) is 14.7 Å². The third-order valence-electron chi connectivity index (χ3n) is 6.24. The molecule has 3 amide bonds. The molecule has 0 aliphatic carbocycles. The fourth-order valence-electron chi connectivity index (χ4n) is 4.33. The third-order valence-corrected chi connectivity index (χ3v) is 6.24. The van der Waals surface area contributed by atoms with Crippen LogP contribution >= 0.6 is 0 Å². The highest BCUT2D eigenvalue weighted by molar-refractivity contribution is 6.07. The van der Waals surface area contributed by atoms with Crippen LogP contribution in [0.15, 0.2) is 30.3 Å². The minimum atomic E-state index is -0.633. The van der Waals surface area contributed by atoms with Gasteiger partial charge in [-0.2, -0.15) is 0 Å². The van der Waals surface area contributed by atoms with Crippen molar-refractivity contribution >= 4 is 11.9 Å². The van der Waals surface area contributed by atoms with Gasteiger partial charge in [-0.25, -0.2) is 4.79 Å². The van der Waals surface area contributed by atoms with Gasteiger partial charge in [-0.1, -0.05) is 37.3 Å². The van der Waals surface area contributed by atoms with Gasteiger partial charge < -0.3 is 9.80 Å². The largest absolute Gasteiger partial charge is 0.327 e. The topological polar surface area (TPSA) is 43.9 Å². The normalized spacial score (nSPS) is 21.7. The van der Waals surface area contributed by atoms with E-state index in [-0.39, 0.29) is 11.9 Å². The zero-order valence-corrected chi connectivity index (χ0v) is 16.3. The summed E-state index contributed by atoms with van der Waals surface area (Å²) in [5.41, 5.74) is 0.571. The molecule has 2 heterocycles. The van der Waals surface area contributed by atoms with Crippen molar-refractivity contribution in [1.29, 1.82) is 0 Å². The van der Waals surface area contributed by atoms with Crippen LogP contribution in [0.25, 0.3) is 0 Å². The first-order valence-electron chi connectivity index (χ1n) is 9.95. The number of carbonyl (C=O) groups is 2. The summed E-state index contributed by atoms with van der Waals surface area (Å²) in [5.74, 6) is 0.0156. The Bertz CT molecular complexity index is 638. The van der Waals surface area contributed by atoms with Crippen molar-refractivity contribution < 1.29 is 9.59 Å². The smallest absolute Gasteiger partial charge is 0.309 e. The van der Waals surface area contributed by atoms with Crippen LogP contribution in [-0.2, 0) is 11.2 Å². The molecule has 142 valence electrons. The summed E-state index contributed by atoms with van der Waals surface area (Å²) in [6.45, 7) is 9.15. The van der Waals surface area contributed by atoms with Gasteiger partial charge in [0, 0.05) is 32.2 Å². The lowest BCUT2D eigenvalue weighted by Gasteiger charge is -2.44. The van der Waals surface area contributed by atoms with Gasteiger partial charge in [-0.15, -0.1) is 0 Å². The molecule has 5 heteroatoms. The predicted octanol–water partition coefficient (Wildman–Crippen LogP) is 3.15. The molecule has 5 nitrogen and oxygen atoms in total. The maximum absolute atomic E-state index is 13.1. The van der Waals surface area contributed by atoms with E-state index in [1.165, 1.54) is 10.5 Å². The van der Waals surface area contributed by atoms with Crippen molar-refractivity contribution in [3.8, 4) is 0 Å². The van der Waals surface area contributed by atoms with Crippen molar-refractivity contribution in [2.75, 3.05) is 26.2 Å². The van der Waals surface area contributed by atoms with Gasteiger partial charge in [0.25, 0.3) is 5.91 Å². The zero-order valence-electron chi connectivity index (χ0n) is 16.3. The lowest BCUT2D eigenvalue weighted by atomic mass is 9.85. The molecule has 2 saturated heterocycles. The molecule has 1 spiro atoms. The highest BCUT2D eigenvalue weighted by atomic mass is 16.2. The van der Waals surface area contributed by atoms with E-state index in [1.807, 2.05) is 30.0 Å². The standard InChI is InChI=1S/C21H31N3O2/c1-4-17(3)22-15-12-21(13-16-22)19(25)23(5-2)20(26)24(21)14-11-18-9-7-6-8-10-18/h6-10,17H,4-5,11-16H2,1-3H3/t17-/m0/s1. The Morgan fingerprint density at radius 3 is 2.31 bits per heavy atom. The summed E-state index contributed by atoms with van der Waals surface area (Å²) in [6, 6.07) is 10.6. The number of carbonyl (C=O) groups excluding carboxylic acids is 2. The molecule has 0 saturated carbocycles. The van der Waals surface area contributed by atoms with Gasteiger partial charge in [0.1, 0.15) is 5.54 Å². The summed E-state index contributed by atoms with van der Waals surface area (Å²) >= 11 is 0. The quantitative estimate of drug-likeness (QED) is 0.735. The minimum Gasteiger partial charge on any atom is -0.309 e. The first-order chi connectivity index (χ1) is 12.5. The summed E-state index contributed by atoms with van der Waals surface area (Å²) in [5, 5.41) is 0. The molecule has 0 bridgehead atoms. The number of nitrogens with zero attached hydrogens (tertiary/aromatic N) is 3. The molecule has 1 aromatic rings. The summed E-state index contributed by atoms with van der Waals surface area (Å²) in [4.78, 5) is 31.8. The molecule has 1 aromatic carbocycles. The van der Waals surface area contributed by atoms with Crippen LogP contribution in [0.4, 0.5) is 4.79 Å². The predicted molar refractivity (Wildman–Crippen MR) is 103 cm³/mol. The van der Waals surface area contributed by atoms with Crippen LogP contribution in [0.5, 0.6) is 0 Å². The molecule has 0 aromatic heterocycles. The van der Waals surface area contributed by atoms with E-state index >= 15 is 0 Å². The van der Waals surface area contributed by atoms with E-state index < -0.39 is 5.54 Å². The van der Waals surface area contributed by atoms with Gasteiger partial charge in [-0.05, 0) is 45.1 Å². The summed E-state index contributed by atoms with van der Waals surface area (Å²) < 4.78 is 0. The van der Waals surface area contributed by atoms with Crippen LogP contribution in [0.1, 0.15) is 45.6 Å². The number of piperidine rings is 1. The summed E-state index contributed by atoms with van der Waals surface area (Å²) in [6.07, 6.45) is 3.38. The Morgan fingerprint density at radius 2 is 1.73 bits per heavy atom. The van der Waals surface area contributed by atoms with Crippen molar-refractivity contribution in [2.45, 2.75) is 58.0 Å². The van der Waals surface area contributed by atoms with E-state index in [4.69, 9.17) is 0 Å². The molecule has 2 aliphatic rings. The first kappa shape index (κ1) is 18.9. The second-order valence-corrected chi connectivity index (χ2v) is 7.54. The lowest BCUT2D eigenvalue weighted by Crippen LogP contribution is -2.58. The number of urea groups is 1. The number of likely N-dealkylation sites (tertiary alicyclic amines) is 1. The van der Waals surface area contributed by atoms with Crippen LogP contribution in [-0.4, -0.2) is 64.4 Å². The summed E-state index contributed by atoms with van der Waals surface area (Å²) in [7, 11) is 0. The number of hydrogen-bond donors (Lipinski definition) is 0. The Balaban J connectivity index is 1.78. The van der Waals surface area contributed by atoms with Crippen LogP contribution in [0, 0.1) is 0 Å². The number of hydrogen-bond acceptors (Lipinski definition) is 3. The second kappa shape index (κ2) is 7.78. The maximum Gasteiger partial charge on any atom is 0.327 e. The molecule has 26 heavy (non-hydrogen) atoms. The van der Waals surface area contributed by atoms with Gasteiger partial charge in [0.15, 0.2) is 0 Å². The highest BCUT2D eigenvalue weighted by Gasteiger charge is 2.57. The van der Waals surface area contributed by atoms with Gasteiger partial charge >= 0.3 is 6.03 Å². The van der Waals surface area contributed by atoms with Crippen molar-refractivity contribution in [3.63, 3.8) is 0 Å². The first-order valence-corrected chi connectivity index (χ1v) is 9.95. The van der Waals surface area contributed by atoms with E-state index in [0.29, 0.717) is 19.1 Å².